The highest BCUT2D eigenvalue weighted by Gasteiger charge is 2.20. The molecule has 1 aliphatic rings. The van der Waals surface area contributed by atoms with E-state index in [1.807, 2.05) is 11.9 Å². The van der Waals surface area contributed by atoms with Crippen LogP contribution in [0.1, 0.15) is 58.3 Å². The summed E-state index contributed by atoms with van der Waals surface area (Å²) in [4.78, 5) is 14.0. The molecule has 1 aliphatic heterocycles. The van der Waals surface area contributed by atoms with Crippen molar-refractivity contribution in [2.45, 2.75) is 64.3 Å². The molecule has 1 saturated heterocycles. The van der Waals surface area contributed by atoms with E-state index >= 15 is 0 Å². The zero-order valence-corrected chi connectivity index (χ0v) is 11.5. The van der Waals surface area contributed by atoms with E-state index in [9.17, 15) is 4.79 Å². The first-order chi connectivity index (χ1) is 8.27. The Bertz CT molecular complexity index is 210. The molecule has 3 nitrogen and oxygen atoms in total. The Balaban J connectivity index is 2.08. The first kappa shape index (κ1) is 14.5. The molecule has 0 spiro atoms. The van der Waals surface area contributed by atoms with Gasteiger partial charge in [0.2, 0.25) is 5.91 Å². The lowest BCUT2D eigenvalue weighted by molar-refractivity contribution is -0.132. The highest BCUT2D eigenvalue weighted by Crippen LogP contribution is 2.13. The molecular formula is C14H28N2O. The first-order valence-corrected chi connectivity index (χ1v) is 7.23. The van der Waals surface area contributed by atoms with Crippen LogP contribution >= 0.6 is 0 Å². The molecule has 0 atom stereocenters. The summed E-state index contributed by atoms with van der Waals surface area (Å²) in [5, 5.41) is 3.29. The van der Waals surface area contributed by atoms with Crippen molar-refractivity contribution in [3.05, 3.63) is 0 Å². The van der Waals surface area contributed by atoms with Gasteiger partial charge in [-0.3, -0.25) is 4.79 Å². The van der Waals surface area contributed by atoms with Gasteiger partial charge in [-0.05, 0) is 26.3 Å². The van der Waals surface area contributed by atoms with Crippen molar-refractivity contribution in [1.29, 1.82) is 0 Å². The van der Waals surface area contributed by atoms with Crippen molar-refractivity contribution in [2.75, 3.05) is 20.1 Å². The Labute approximate surface area is 106 Å². The van der Waals surface area contributed by atoms with E-state index in [0.29, 0.717) is 11.9 Å². The van der Waals surface area contributed by atoms with E-state index in [4.69, 9.17) is 0 Å². The number of hydrogen-bond acceptors (Lipinski definition) is 2. The van der Waals surface area contributed by atoms with Crippen LogP contribution in [-0.2, 0) is 4.79 Å². The number of rotatable bonds is 7. The Morgan fingerprint density at radius 1 is 1.18 bits per heavy atom. The van der Waals surface area contributed by atoms with Crippen molar-refractivity contribution in [3.8, 4) is 0 Å². The summed E-state index contributed by atoms with van der Waals surface area (Å²) in [5.41, 5.74) is 0. The van der Waals surface area contributed by atoms with Crippen LogP contribution < -0.4 is 5.32 Å². The van der Waals surface area contributed by atoms with E-state index in [0.717, 1.165) is 38.8 Å². The van der Waals surface area contributed by atoms with Crippen LogP contribution in [0.2, 0.25) is 0 Å². The summed E-state index contributed by atoms with van der Waals surface area (Å²) in [6.45, 7) is 4.11. The molecule has 1 heterocycles. The normalized spacial score (nSPS) is 17.4. The Morgan fingerprint density at radius 3 is 2.41 bits per heavy atom. The van der Waals surface area contributed by atoms with Gasteiger partial charge in [-0.2, -0.15) is 0 Å². The predicted molar refractivity (Wildman–Crippen MR) is 72.0 cm³/mol. The maximum Gasteiger partial charge on any atom is 0.222 e. The van der Waals surface area contributed by atoms with Crippen molar-refractivity contribution < 1.29 is 4.79 Å². The standard InChI is InChI=1S/C14H28N2O/c1-3-4-5-6-7-8-14(17)16-11-9-13(15-2)10-12-16/h13,15H,3-12H2,1-2H3. The van der Waals surface area contributed by atoms with Crippen LogP contribution in [0.15, 0.2) is 0 Å². The summed E-state index contributed by atoms with van der Waals surface area (Å²) in [5.74, 6) is 0.371. The molecular weight excluding hydrogens is 212 g/mol. The van der Waals surface area contributed by atoms with Gasteiger partial charge in [0, 0.05) is 25.6 Å². The van der Waals surface area contributed by atoms with Crippen molar-refractivity contribution in [1.82, 2.24) is 10.2 Å². The quantitative estimate of drug-likeness (QED) is 0.694. The lowest BCUT2D eigenvalue weighted by Gasteiger charge is -2.31. The lowest BCUT2D eigenvalue weighted by Crippen LogP contribution is -2.43. The van der Waals surface area contributed by atoms with E-state index in [1.165, 1.54) is 25.7 Å². The highest BCUT2D eigenvalue weighted by molar-refractivity contribution is 5.76. The smallest absolute Gasteiger partial charge is 0.222 e. The molecule has 1 N–H and O–H groups in total. The second kappa shape index (κ2) is 8.51. The monoisotopic (exact) mass is 240 g/mol. The van der Waals surface area contributed by atoms with Crippen LogP contribution in [0.4, 0.5) is 0 Å². The highest BCUT2D eigenvalue weighted by atomic mass is 16.2. The van der Waals surface area contributed by atoms with Crippen molar-refractivity contribution in [3.63, 3.8) is 0 Å². The minimum Gasteiger partial charge on any atom is -0.343 e. The van der Waals surface area contributed by atoms with Gasteiger partial charge in [-0.15, -0.1) is 0 Å². The average molecular weight is 240 g/mol. The first-order valence-electron chi connectivity index (χ1n) is 7.23. The zero-order chi connectivity index (χ0) is 12.5. The molecule has 0 radical (unpaired) electrons. The molecule has 0 aliphatic carbocycles. The molecule has 0 unspecified atom stereocenters. The maximum atomic E-state index is 11.9. The summed E-state index contributed by atoms with van der Waals surface area (Å²) in [6.07, 6.45) is 9.13. The zero-order valence-electron chi connectivity index (χ0n) is 11.5. The third kappa shape index (κ3) is 5.53. The fraction of sp³-hybridized carbons (Fsp3) is 0.929. The fourth-order valence-corrected chi connectivity index (χ4v) is 2.46. The van der Waals surface area contributed by atoms with E-state index in [-0.39, 0.29) is 0 Å². The number of piperidine rings is 1. The number of carbonyl (C=O) groups excluding carboxylic acids is 1. The molecule has 0 aromatic rings. The van der Waals surface area contributed by atoms with Gasteiger partial charge < -0.3 is 10.2 Å². The van der Waals surface area contributed by atoms with Crippen molar-refractivity contribution in [2.24, 2.45) is 0 Å². The van der Waals surface area contributed by atoms with Gasteiger partial charge in [-0.25, -0.2) is 0 Å². The van der Waals surface area contributed by atoms with Crippen LogP contribution in [-0.4, -0.2) is 37.0 Å². The lowest BCUT2D eigenvalue weighted by atomic mass is 10.0. The van der Waals surface area contributed by atoms with Gasteiger partial charge in [0.1, 0.15) is 0 Å². The summed E-state index contributed by atoms with van der Waals surface area (Å²) in [7, 11) is 2.01. The van der Waals surface area contributed by atoms with Crippen LogP contribution in [0.3, 0.4) is 0 Å². The molecule has 1 fully saturated rings. The molecule has 0 aromatic carbocycles. The van der Waals surface area contributed by atoms with Gasteiger partial charge in [0.15, 0.2) is 0 Å². The summed E-state index contributed by atoms with van der Waals surface area (Å²) >= 11 is 0. The number of likely N-dealkylation sites (tertiary alicyclic amines) is 1. The molecule has 0 saturated carbocycles. The van der Waals surface area contributed by atoms with Crippen LogP contribution in [0.5, 0.6) is 0 Å². The second-order valence-corrected chi connectivity index (χ2v) is 5.11. The Hall–Kier alpha value is -0.570. The van der Waals surface area contributed by atoms with Crippen LogP contribution in [0.25, 0.3) is 0 Å². The number of carbonyl (C=O) groups is 1. The molecule has 0 aromatic heterocycles. The van der Waals surface area contributed by atoms with Gasteiger partial charge >= 0.3 is 0 Å². The van der Waals surface area contributed by atoms with Gasteiger partial charge in [-0.1, -0.05) is 32.6 Å². The molecule has 17 heavy (non-hydrogen) atoms. The Morgan fingerprint density at radius 2 is 1.82 bits per heavy atom. The SMILES string of the molecule is CCCCCCCC(=O)N1CCC(NC)CC1. The summed E-state index contributed by atoms with van der Waals surface area (Å²) < 4.78 is 0. The number of nitrogens with one attached hydrogen (secondary N) is 1. The molecule has 100 valence electrons. The number of amides is 1. The molecule has 0 bridgehead atoms. The summed E-state index contributed by atoms with van der Waals surface area (Å²) in [6, 6.07) is 0.614. The average Bonchev–Trinajstić information content (AvgIpc) is 2.38. The van der Waals surface area contributed by atoms with Crippen LogP contribution in [0, 0.1) is 0 Å². The minimum atomic E-state index is 0.371. The molecule has 3 heteroatoms. The maximum absolute atomic E-state index is 11.9. The fourth-order valence-electron chi connectivity index (χ4n) is 2.46. The van der Waals surface area contributed by atoms with E-state index < -0.39 is 0 Å². The Kier molecular flexibility index (Phi) is 7.25. The topological polar surface area (TPSA) is 32.3 Å². The third-order valence-electron chi connectivity index (χ3n) is 3.75. The predicted octanol–water partition coefficient (Wildman–Crippen LogP) is 2.56. The van der Waals surface area contributed by atoms with Crippen molar-refractivity contribution >= 4 is 5.91 Å². The van der Waals surface area contributed by atoms with Gasteiger partial charge in [0.25, 0.3) is 0 Å². The number of unbranched alkanes of at least 4 members (excludes halogenated alkanes) is 4. The van der Waals surface area contributed by atoms with E-state index in [2.05, 4.69) is 12.2 Å². The second-order valence-electron chi connectivity index (χ2n) is 5.11. The minimum absolute atomic E-state index is 0.371. The van der Waals surface area contributed by atoms with Gasteiger partial charge in [0.05, 0.1) is 0 Å². The third-order valence-corrected chi connectivity index (χ3v) is 3.75. The largest absolute Gasteiger partial charge is 0.343 e. The number of hydrogen-bond donors (Lipinski definition) is 1. The van der Waals surface area contributed by atoms with E-state index in [1.54, 1.807) is 0 Å². The molecule has 1 rings (SSSR count). The number of nitrogens with zero attached hydrogens (tertiary/aromatic N) is 1. The molecule has 1 amide bonds.